The molecule has 118 valence electrons. The second kappa shape index (κ2) is 8.28. The summed E-state index contributed by atoms with van der Waals surface area (Å²) in [5.74, 6) is 1.01. The Labute approximate surface area is 129 Å². The van der Waals surface area contributed by atoms with Crippen LogP contribution < -0.4 is 10.1 Å². The molecule has 2 rings (SSSR count). The van der Waals surface area contributed by atoms with Crippen LogP contribution in [-0.4, -0.2) is 37.2 Å². The van der Waals surface area contributed by atoms with Crippen LogP contribution >= 0.6 is 0 Å². The molecule has 3 heteroatoms. The molecule has 1 aliphatic rings. The van der Waals surface area contributed by atoms with Gasteiger partial charge in [0, 0.05) is 12.6 Å². The third-order valence-electron chi connectivity index (χ3n) is 4.23. The molecule has 1 N–H and O–H groups in total. The fraction of sp³-hybridized carbons (Fsp3) is 0.667. The highest BCUT2D eigenvalue weighted by molar-refractivity contribution is 5.58. The van der Waals surface area contributed by atoms with Gasteiger partial charge in [0.15, 0.2) is 0 Å². The van der Waals surface area contributed by atoms with E-state index >= 15 is 0 Å². The quantitative estimate of drug-likeness (QED) is 0.854. The summed E-state index contributed by atoms with van der Waals surface area (Å²) >= 11 is 0. The van der Waals surface area contributed by atoms with Crippen LogP contribution in [0.5, 0.6) is 5.75 Å². The molecule has 21 heavy (non-hydrogen) atoms. The number of ether oxygens (including phenoxy) is 1. The standard InChI is InChI=1S/C18H30N2O/c1-4-13-21-18-14-15(3)8-9-17(18)19-16-7-6-11-20(5-2)12-10-16/h8-9,14,16,19H,4-7,10-13H2,1-3H3. The number of hydrogen-bond acceptors (Lipinski definition) is 3. The van der Waals surface area contributed by atoms with E-state index in [0.29, 0.717) is 6.04 Å². The second-order valence-electron chi connectivity index (χ2n) is 6.05. The van der Waals surface area contributed by atoms with Crippen LogP contribution in [0.4, 0.5) is 5.69 Å². The molecule has 0 saturated carbocycles. The van der Waals surface area contributed by atoms with Crippen molar-refractivity contribution in [1.29, 1.82) is 0 Å². The van der Waals surface area contributed by atoms with E-state index in [2.05, 4.69) is 49.2 Å². The molecule has 1 aromatic carbocycles. The summed E-state index contributed by atoms with van der Waals surface area (Å²) < 4.78 is 5.91. The summed E-state index contributed by atoms with van der Waals surface area (Å²) in [6, 6.07) is 7.04. The highest BCUT2D eigenvalue weighted by atomic mass is 16.5. The van der Waals surface area contributed by atoms with Crippen molar-refractivity contribution >= 4 is 5.69 Å². The number of nitrogens with one attached hydrogen (secondary N) is 1. The molecule has 1 unspecified atom stereocenters. The van der Waals surface area contributed by atoms with Gasteiger partial charge in [-0.25, -0.2) is 0 Å². The second-order valence-corrected chi connectivity index (χ2v) is 6.05. The molecule has 1 saturated heterocycles. The number of hydrogen-bond donors (Lipinski definition) is 1. The van der Waals surface area contributed by atoms with Crippen LogP contribution in [0.3, 0.4) is 0 Å². The van der Waals surface area contributed by atoms with Gasteiger partial charge in [-0.1, -0.05) is 19.9 Å². The molecule has 1 heterocycles. The summed E-state index contributed by atoms with van der Waals surface area (Å²) in [7, 11) is 0. The molecule has 0 aromatic heterocycles. The lowest BCUT2D eigenvalue weighted by Gasteiger charge is -2.21. The fourth-order valence-corrected chi connectivity index (χ4v) is 2.92. The van der Waals surface area contributed by atoms with E-state index in [1.54, 1.807) is 0 Å². The van der Waals surface area contributed by atoms with E-state index in [-0.39, 0.29) is 0 Å². The van der Waals surface area contributed by atoms with Gasteiger partial charge in [-0.2, -0.15) is 0 Å². The first-order chi connectivity index (χ1) is 10.2. The van der Waals surface area contributed by atoms with Gasteiger partial charge < -0.3 is 15.0 Å². The van der Waals surface area contributed by atoms with Crippen molar-refractivity contribution in [2.45, 2.75) is 52.5 Å². The Hall–Kier alpha value is -1.22. The summed E-state index contributed by atoms with van der Waals surface area (Å²) in [5, 5.41) is 3.72. The van der Waals surface area contributed by atoms with Crippen LogP contribution in [0.15, 0.2) is 18.2 Å². The van der Waals surface area contributed by atoms with Gasteiger partial charge in [-0.15, -0.1) is 0 Å². The highest BCUT2D eigenvalue weighted by Crippen LogP contribution is 2.28. The topological polar surface area (TPSA) is 24.5 Å². The number of nitrogens with zero attached hydrogens (tertiary/aromatic N) is 1. The number of anilines is 1. The molecule has 0 spiro atoms. The molecule has 1 fully saturated rings. The zero-order valence-corrected chi connectivity index (χ0v) is 13.8. The van der Waals surface area contributed by atoms with Gasteiger partial charge in [0.2, 0.25) is 0 Å². The molecule has 0 aliphatic carbocycles. The van der Waals surface area contributed by atoms with Crippen molar-refractivity contribution in [3.63, 3.8) is 0 Å². The van der Waals surface area contributed by atoms with Crippen LogP contribution in [0.1, 0.15) is 45.1 Å². The van der Waals surface area contributed by atoms with E-state index in [1.165, 1.54) is 44.5 Å². The predicted octanol–water partition coefficient (Wildman–Crippen LogP) is 4.07. The summed E-state index contributed by atoms with van der Waals surface area (Å²) in [6.07, 6.45) is 4.79. The van der Waals surface area contributed by atoms with Crippen LogP contribution in [0, 0.1) is 6.92 Å². The first-order valence-corrected chi connectivity index (χ1v) is 8.45. The lowest BCUT2D eigenvalue weighted by molar-refractivity contribution is 0.300. The molecule has 1 aliphatic heterocycles. The summed E-state index contributed by atoms with van der Waals surface area (Å²) in [5.41, 5.74) is 2.41. The molecule has 1 aromatic rings. The molecule has 0 amide bonds. The van der Waals surface area contributed by atoms with E-state index in [9.17, 15) is 0 Å². The van der Waals surface area contributed by atoms with E-state index in [4.69, 9.17) is 4.74 Å². The molecule has 0 bridgehead atoms. The van der Waals surface area contributed by atoms with E-state index in [0.717, 1.165) is 24.5 Å². The Morgan fingerprint density at radius 1 is 1.24 bits per heavy atom. The largest absolute Gasteiger partial charge is 0.491 e. The third-order valence-corrected chi connectivity index (χ3v) is 4.23. The average molecular weight is 290 g/mol. The maximum Gasteiger partial charge on any atom is 0.142 e. The highest BCUT2D eigenvalue weighted by Gasteiger charge is 2.17. The molecule has 0 radical (unpaired) electrons. The van der Waals surface area contributed by atoms with Crippen LogP contribution in [0.25, 0.3) is 0 Å². The van der Waals surface area contributed by atoms with Gasteiger partial charge in [-0.3, -0.25) is 0 Å². The van der Waals surface area contributed by atoms with Crippen molar-refractivity contribution in [2.75, 3.05) is 31.6 Å². The lowest BCUT2D eigenvalue weighted by atomic mass is 10.1. The minimum Gasteiger partial charge on any atom is -0.491 e. The van der Waals surface area contributed by atoms with Crippen molar-refractivity contribution in [3.8, 4) is 5.75 Å². The summed E-state index contributed by atoms with van der Waals surface area (Å²) in [6.45, 7) is 10.9. The minimum atomic E-state index is 0.563. The lowest BCUT2D eigenvalue weighted by Crippen LogP contribution is -2.26. The van der Waals surface area contributed by atoms with Crippen molar-refractivity contribution in [1.82, 2.24) is 4.90 Å². The van der Waals surface area contributed by atoms with Crippen molar-refractivity contribution in [3.05, 3.63) is 23.8 Å². The predicted molar refractivity (Wildman–Crippen MR) is 90.3 cm³/mol. The first-order valence-electron chi connectivity index (χ1n) is 8.45. The zero-order valence-electron chi connectivity index (χ0n) is 13.8. The zero-order chi connectivity index (χ0) is 15.1. The normalized spacial score (nSPS) is 20.0. The Balaban J connectivity index is 2.01. The van der Waals surface area contributed by atoms with Gasteiger partial charge in [0.05, 0.1) is 12.3 Å². The first kappa shape index (κ1) is 16.2. The molecular formula is C18H30N2O. The number of aryl methyl sites for hydroxylation is 1. The molecule has 1 atom stereocenters. The Kier molecular flexibility index (Phi) is 6.37. The average Bonchev–Trinajstić information content (AvgIpc) is 2.72. The van der Waals surface area contributed by atoms with Gasteiger partial charge in [0.25, 0.3) is 0 Å². The van der Waals surface area contributed by atoms with Crippen molar-refractivity contribution in [2.24, 2.45) is 0 Å². The number of rotatable bonds is 6. The Morgan fingerprint density at radius 2 is 2.10 bits per heavy atom. The number of benzene rings is 1. The van der Waals surface area contributed by atoms with Crippen LogP contribution in [-0.2, 0) is 0 Å². The van der Waals surface area contributed by atoms with Crippen LogP contribution in [0.2, 0.25) is 0 Å². The number of likely N-dealkylation sites (tertiary alicyclic amines) is 1. The van der Waals surface area contributed by atoms with Crippen molar-refractivity contribution < 1.29 is 4.74 Å². The Morgan fingerprint density at radius 3 is 2.86 bits per heavy atom. The summed E-state index contributed by atoms with van der Waals surface area (Å²) in [4.78, 5) is 2.55. The smallest absolute Gasteiger partial charge is 0.142 e. The fourth-order valence-electron chi connectivity index (χ4n) is 2.92. The van der Waals surface area contributed by atoms with Gasteiger partial charge in [-0.05, 0) is 63.4 Å². The third kappa shape index (κ3) is 4.92. The molecular weight excluding hydrogens is 260 g/mol. The maximum absolute atomic E-state index is 5.91. The maximum atomic E-state index is 5.91. The minimum absolute atomic E-state index is 0.563. The van der Waals surface area contributed by atoms with E-state index in [1.807, 2.05) is 0 Å². The van der Waals surface area contributed by atoms with Gasteiger partial charge in [0.1, 0.15) is 5.75 Å². The monoisotopic (exact) mass is 290 g/mol. The van der Waals surface area contributed by atoms with E-state index < -0.39 is 0 Å². The SMILES string of the molecule is CCCOc1cc(C)ccc1NC1CCCN(CC)CC1. The molecule has 3 nitrogen and oxygen atoms in total. The van der Waals surface area contributed by atoms with Gasteiger partial charge >= 0.3 is 0 Å². The Bertz CT molecular complexity index is 433.